The van der Waals surface area contributed by atoms with Crippen LogP contribution in [0.15, 0.2) is 52.5 Å². The average Bonchev–Trinajstić information content (AvgIpc) is 2.34. The summed E-state index contributed by atoms with van der Waals surface area (Å²) in [5.74, 6) is 0.105. The molecule has 2 rings (SSSR count). The molecular formula is C13H13ClN2O2. The number of hydrogen-bond donors (Lipinski definition) is 2. The van der Waals surface area contributed by atoms with Gasteiger partial charge in [-0.1, -0.05) is 28.9 Å². The molecule has 4 nitrogen and oxygen atoms in total. The first kappa shape index (κ1) is 12.5. The molecule has 1 aromatic carbocycles. The van der Waals surface area contributed by atoms with Crippen LogP contribution >= 0.6 is 11.6 Å². The van der Waals surface area contributed by atoms with Crippen molar-refractivity contribution in [2.45, 2.75) is 6.92 Å². The number of benzene rings is 1. The Hall–Kier alpha value is -1.94. The fraction of sp³-hybridized carbons (Fsp3) is 0.154. The molecule has 0 unspecified atom stereocenters. The van der Waals surface area contributed by atoms with E-state index in [4.69, 9.17) is 16.8 Å². The monoisotopic (exact) mass is 264 g/mol. The Balaban J connectivity index is 2.39. The van der Waals surface area contributed by atoms with E-state index in [0.717, 1.165) is 11.4 Å². The first-order valence-electron chi connectivity index (χ1n) is 5.43. The van der Waals surface area contributed by atoms with Gasteiger partial charge in [0.2, 0.25) is 0 Å². The van der Waals surface area contributed by atoms with E-state index in [1.54, 1.807) is 6.08 Å². The van der Waals surface area contributed by atoms with Gasteiger partial charge < -0.3 is 15.2 Å². The van der Waals surface area contributed by atoms with Crippen molar-refractivity contribution in [3.8, 4) is 0 Å². The highest BCUT2D eigenvalue weighted by molar-refractivity contribution is 6.33. The van der Waals surface area contributed by atoms with Gasteiger partial charge in [0.05, 0.1) is 23.5 Å². The zero-order valence-electron chi connectivity index (χ0n) is 9.84. The van der Waals surface area contributed by atoms with E-state index in [2.05, 4.69) is 5.16 Å². The zero-order chi connectivity index (χ0) is 13.1. The Morgan fingerprint density at radius 1 is 1.39 bits per heavy atom. The standard InChI is InChI=1S/C13H13ClN2O2/c1-9-6-13(17)10(7-15-18)8-16(9)12-5-3-2-4-11(12)14/h2-7,17-18H,8H2,1H3. The lowest BCUT2D eigenvalue weighted by atomic mass is 10.1. The number of nitrogens with zero attached hydrogens (tertiary/aromatic N) is 2. The van der Waals surface area contributed by atoms with E-state index in [-0.39, 0.29) is 5.76 Å². The van der Waals surface area contributed by atoms with Gasteiger partial charge in [-0.15, -0.1) is 0 Å². The molecule has 0 aromatic heterocycles. The lowest BCUT2D eigenvalue weighted by Gasteiger charge is -2.29. The van der Waals surface area contributed by atoms with E-state index in [1.807, 2.05) is 36.1 Å². The van der Waals surface area contributed by atoms with Crippen LogP contribution < -0.4 is 4.90 Å². The van der Waals surface area contributed by atoms with Crippen molar-refractivity contribution in [2.24, 2.45) is 5.16 Å². The van der Waals surface area contributed by atoms with Crippen LogP contribution in [-0.4, -0.2) is 23.1 Å². The van der Waals surface area contributed by atoms with Gasteiger partial charge in [0.25, 0.3) is 0 Å². The van der Waals surface area contributed by atoms with Crippen molar-refractivity contribution in [1.29, 1.82) is 0 Å². The predicted octanol–water partition coefficient (Wildman–Crippen LogP) is 3.34. The molecule has 0 aliphatic carbocycles. The highest BCUT2D eigenvalue weighted by atomic mass is 35.5. The molecule has 0 fully saturated rings. The molecule has 0 atom stereocenters. The summed E-state index contributed by atoms with van der Waals surface area (Å²) in [7, 11) is 0. The minimum Gasteiger partial charge on any atom is -0.507 e. The summed E-state index contributed by atoms with van der Waals surface area (Å²) in [6.07, 6.45) is 2.84. The summed E-state index contributed by atoms with van der Waals surface area (Å²) in [5.41, 5.74) is 2.25. The van der Waals surface area contributed by atoms with E-state index in [1.165, 1.54) is 6.21 Å². The van der Waals surface area contributed by atoms with Gasteiger partial charge in [0, 0.05) is 11.3 Å². The van der Waals surface area contributed by atoms with Gasteiger partial charge in [-0.05, 0) is 25.1 Å². The quantitative estimate of drug-likeness (QED) is 0.489. The molecule has 0 amide bonds. The average molecular weight is 265 g/mol. The highest BCUT2D eigenvalue weighted by Crippen LogP contribution is 2.31. The molecule has 0 bridgehead atoms. The molecule has 5 heteroatoms. The van der Waals surface area contributed by atoms with Crippen molar-refractivity contribution >= 4 is 23.5 Å². The van der Waals surface area contributed by atoms with Crippen molar-refractivity contribution < 1.29 is 10.3 Å². The normalized spacial score (nSPS) is 16.3. The Morgan fingerprint density at radius 2 is 2.11 bits per heavy atom. The Bertz CT molecular complexity index is 550. The third-order valence-corrected chi connectivity index (χ3v) is 3.11. The minimum absolute atomic E-state index is 0.105. The number of halogens is 1. The maximum atomic E-state index is 9.75. The number of aliphatic hydroxyl groups excluding tert-OH is 1. The summed E-state index contributed by atoms with van der Waals surface area (Å²) in [6.45, 7) is 2.29. The summed E-state index contributed by atoms with van der Waals surface area (Å²) in [4.78, 5) is 1.94. The summed E-state index contributed by atoms with van der Waals surface area (Å²) >= 11 is 6.15. The molecule has 2 N–H and O–H groups in total. The van der Waals surface area contributed by atoms with Crippen LogP contribution in [0.25, 0.3) is 0 Å². The topological polar surface area (TPSA) is 56.1 Å². The molecule has 94 valence electrons. The Morgan fingerprint density at radius 3 is 2.78 bits per heavy atom. The van der Waals surface area contributed by atoms with Gasteiger partial charge in [-0.3, -0.25) is 0 Å². The first-order chi connectivity index (χ1) is 8.63. The number of aliphatic hydroxyl groups is 1. The van der Waals surface area contributed by atoms with E-state index >= 15 is 0 Å². The number of para-hydroxylation sites is 1. The number of anilines is 1. The second kappa shape index (κ2) is 5.14. The number of oxime groups is 1. The first-order valence-corrected chi connectivity index (χ1v) is 5.81. The third kappa shape index (κ3) is 2.33. The largest absolute Gasteiger partial charge is 0.507 e. The van der Waals surface area contributed by atoms with Crippen molar-refractivity contribution in [2.75, 3.05) is 11.4 Å². The fourth-order valence-electron chi connectivity index (χ4n) is 1.87. The van der Waals surface area contributed by atoms with Gasteiger partial charge in [-0.2, -0.15) is 0 Å². The molecule has 0 saturated heterocycles. The van der Waals surface area contributed by atoms with E-state index in [9.17, 15) is 5.11 Å². The summed E-state index contributed by atoms with van der Waals surface area (Å²) in [6, 6.07) is 7.46. The summed E-state index contributed by atoms with van der Waals surface area (Å²) in [5, 5.41) is 21.9. The maximum absolute atomic E-state index is 9.75. The molecule has 1 aliphatic heterocycles. The molecule has 1 aliphatic rings. The smallest absolute Gasteiger partial charge is 0.123 e. The second-order valence-electron chi connectivity index (χ2n) is 3.98. The summed E-state index contributed by atoms with van der Waals surface area (Å²) < 4.78 is 0. The Kier molecular flexibility index (Phi) is 3.58. The third-order valence-electron chi connectivity index (χ3n) is 2.79. The van der Waals surface area contributed by atoms with Crippen LogP contribution in [0.5, 0.6) is 0 Å². The van der Waals surface area contributed by atoms with E-state index in [0.29, 0.717) is 17.1 Å². The number of allylic oxidation sites excluding steroid dienone is 2. The van der Waals surface area contributed by atoms with E-state index < -0.39 is 0 Å². The van der Waals surface area contributed by atoms with Crippen LogP contribution in [0, 0.1) is 0 Å². The van der Waals surface area contributed by atoms with Crippen molar-refractivity contribution in [3.05, 3.63) is 52.4 Å². The van der Waals surface area contributed by atoms with Crippen molar-refractivity contribution in [1.82, 2.24) is 0 Å². The van der Waals surface area contributed by atoms with Gasteiger partial charge >= 0.3 is 0 Å². The van der Waals surface area contributed by atoms with Gasteiger partial charge in [0.15, 0.2) is 0 Å². The lowest BCUT2D eigenvalue weighted by molar-refractivity contribution is 0.321. The second-order valence-corrected chi connectivity index (χ2v) is 4.39. The SMILES string of the molecule is CC1=CC(O)=C(C=NO)CN1c1ccccc1Cl. The molecule has 1 heterocycles. The zero-order valence-corrected chi connectivity index (χ0v) is 10.6. The minimum atomic E-state index is 0.105. The highest BCUT2D eigenvalue weighted by Gasteiger charge is 2.19. The lowest BCUT2D eigenvalue weighted by Crippen LogP contribution is -2.28. The molecule has 0 spiro atoms. The molecule has 0 radical (unpaired) electrons. The van der Waals surface area contributed by atoms with Crippen LogP contribution in [0.3, 0.4) is 0 Å². The number of rotatable bonds is 2. The van der Waals surface area contributed by atoms with Crippen molar-refractivity contribution in [3.63, 3.8) is 0 Å². The Labute approximate surface area is 110 Å². The molecule has 1 aromatic rings. The van der Waals surface area contributed by atoms with Gasteiger partial charge in [0.1, 0.15) is 5.76 Å². The van der Waals surface area contributed by atoms with Crippen LogP contribution in [0.1, 0.15) is 6.92 Å². The molecule has 18 heavy (non-hydrogen) atoms. The maximum Gasteiger partial charge on any atom is 0.123 e. The van der Waals surface area contributed by atoms with Crippen LogP contribution in [0.2, 0.25) is 5.02 Å². The molecule has 0 saturated carbocycles. The van der Waals surface area contributed by atoms with Gasteiger partial charge in [-0.25, -0.2) is 0 Å². The number of hydrogen-bond acceptors (Lipinski definition) is 4. The predicted molar refractivity (Wildman–Crippen MR) is 72.5 cm³/mol. The van der Waals surface area contributed by atoms with Crippen LogP contribution in [-0.2, 0) is 0 Å². The van der Waals surface area contributed by atoms with Crippen LogP contribution in [0.4, 0.5) is 5.69 Å². The molecular weight excluding hydrogens is 252 g/mol. The fourth-order valence-corrected chi connectivity index (χ4v) is 2.10.